The summed E-state index contributed by atoms with van der Waals surface area (Å²) in [7, 11) is 1.78. The minimum Gasteiger partial charge on any atom is -0.339 e. The Morgan fingerprint density at radius 3 is 2.52 bits per heavy atom. The number of hydrogen-bond acceptors (Lipinski definition) is 4. The van der Waals surface area contributed by atoms with Gasteiger partial charge in [-0.05, 0) is 19.2 Å². The van der Waals surface area contributed by atoms with Crippen LogP contribution in [0.15, 0.2) is 30.3 Å². The Morgan fingerprint density at radius 1 is 1.19 bits per heavy atom. The van der Waals surface area contributed by atoms with Crippen molar-refractivity contribution in [1.29, 1.82) is 0 Å². The fraction of sp³-hybridized carbons (Fsp3) is 0.467. The Labute approximate surface area is 125 Å². The summed E-state index contributed by atoms with van der Waals surface area (Å²) in [5.74, 6) is -0.0386. The van der Waals surface area contributed by atoms with Crippen molar-refractivity contribution in [1.82, 2.24) is 15.1 Å². The van der Waals surface area contributed by atoms with Gasteiger partial charge in [-0.2, -0.15) is 0 Å². The van der Waals surface area contributed by atoms with E-state index in [2.05, 4.69) is 10.6 Å². The van der Waals surface area contributed by atoms with Crippen LogP contribution in [0.4, 0.5) is 5.69 Å². The lowest BCUT2D eigenvalue weighted by Gasteiger charge is -2.29. The Hall–Kier alpha value is -1.92. The van der Waals surface area contributed by atoms with Crippen molar-refractivity contribution in [3.8, 4) is 0 Å². The maximum atomic E-state index is 12.1. The van der Waals surface area contributed by atoms with Crippen LogP contribution in [0.1, 0.15) is 0 Å². The molecule has 0 radical (unpaired) electrons. The molecule has 1 aliphatic rings. The van der Waals surface area contributed by atoms with Crippen LogP contribution in [0.3, 0.4) is 0 Å². The molecule has 6 heteroatoms. The normalized spacial score (nSPS) is 15.0. The third-order valence-electron chi connectivity index (χ3n) is 3.35. The molecule has 2 rings (SSSR count). The van der Waals surface area contributed by atoms with E-state index in [1.54, 1.807) is 11.9 Å². The lowest BCUT2D eigenvalue weighted by molar-refractivity contribution is -0.133. The molecular formula is C15H22N4O2. The third-order valence-corrected chi connectivity index (χ3v) is 3.35. The standard InChI is InChI=1S/C15H22N4O2/c1-18(12-15(21)19-9-7-16-8-10-19)11-14(20)17-13-5-3-2-4-6-13/h2-6,16H,7-12H2,1H3,(H,17,20). The number of carbonyl (C=O) groups excluding carboxylic acids is 2. The van der Waals surface area contributed by atoms with Crippen molar-refractivity contribution >= 4 is 17.5 Å². The van der Waals surface area contributed by atoms with Crippen LogP contribution in [0.5, 0.6) is 0 Å². The average molecular weight is 290 g/mol. The van der Waals surface area contributed by atoms with Gasteiger partial charge in [-0.15, -0.1) is 0 Å². The molecule has 1 fully saturated rings. The van der Waals surface area contributed by atoms with Gasteiger partial charge < -0.3 is 15.5 Å². The van der Waals surface area contributed by atoms with Gasteiger partial charge in [0.1, 0.15) is 0 Å². The number of nitrogens with zero attached hydrogens (tertiary/aromatic N) is 2. The first-order valence-corrected chi connectivity index (χ1v) is 7.17. The number of anilines is 1. The van der Waals surface area contributed by atoms with Gasteiger partial charge in [-0.3, -0.25) is 14.5 Å². The van der Waals surface area contributed by atoms with Gasteiger partial charge in [0.25, 0.3) is 0 Å². The molecule has 1 aliphatic heterocycles. The Balaban J connectivity index is 1.74. The third kappa shape index (κ3) is 5.17. The molecule has 0 bridgehead atoms. The van der Waals surface area contributed by atoms with Crippen molar-refractivity contribution in [2.75, 3.05) is 51.6 Å². The largest absolute Gasteiger partial charge is 0.339 e. The molecule has 0 unspecified atom stereocenters. The van der Waals surface area contributed by atoms with Crippen LogP contribution in [-0.4, -0.2) is 67.9 Å². The van der Waals surface area contributed by atoms with E-state index >= 15 is 0 Å². The summed E-state index contributed by atoms with van der Waals surface area (Å²) in [4.78, 5) is 27.5. The van der Waals surface area contributed by atoms with Gasteiger partial charge in [-0.1, -0.05) is 18.2 Å². The molecule has 6 nitrogen and oxygen atoms in total. The lowest BCUT2D eigenvalue weighted by Crippen LogP contribution is -2.49. The van der Waals surface area contributed by atoms with E-state index in [4.69, 9.17) is 0 Å². The Bertz CT molecular complexity index is 472. The van der Waals surface area contributed by atoms with Crippen LogP contribution >= 0.6 is 0 Å². The summed E-state index contributed by atoms with van der Waals surface area (Å²) in [6, 6.07) is 9.31. The second-order valence-corrected chi connectivity index (χ2v) is 5.22. The monoisotopic (exact) mass is 290 g/mol. The van der Waals surface area contributed by atoms with Crippen molar-refractivity contribution in [2.24, 2.45) is 0 Å². The molecule has 0 atom stereocenters. The number of benzene rings is 1. The number of piperazine rings is 1. The number of amides is 2. The van der Waals surface area contributed by atoms with E-state index in [1.807, 2.05) is 35.2 Å². The first-order chi connectivity index (χ1) is 10.1. The molecular weight excluding hydrogens is 268 g/mol. The van der Waals surface area contributed by atoms with Crippen LogP contribution in [0.2, 0.25) is 0 Å². The maximum absolute atomic E-state index is 12.1. The predicted octanol–water partition coefficient (Wildman–Crippen LogP) is -0.0113. The first-order valence-electron chi connectivity index (χ1n) is 7.17. The zero-order valence-corrected chi connectivity index (χ0v) is 12.3. The number of nitrogens with one attached hydrogen (secondary N) is 2. The summed E-state index contributed by atoms with van der Waals surface area (Å²) >= 11 is 0. The number of rotatable bonds is 5. The van der Waals surface area contributed by atoms with Gasteiger partial charge in [0.15, 0.2) is 0 Å². The van der Waals surface area contributed by atoms with E-state index in [-0.39, 0.29) is 24.9 Å². The number of hydrogen-bond donors (Lipinski definition) is 2. The quantitative estimate of drug-likeness (QED) is 0.800. The highest BCUT2D eigenvalue weighted by Crippen LogP contribution is 2.04. The minimum absolute atomic E-state index is 0.0755. The SMILES string of the molecule is CN(CC(=O)Nc1ccccc1)CC(=O)N1CCNCC1. The molecule has 0 spiro atoms. The maximum Gasteiger partial charge on any atom is 0.238 e. The van der Waals surface area contributed by atoms with E-state index in [0.29, 0.717) is 0 Å². The fourth-order valence-corrected chi connectivity index (χ4v) is 2.27. The molecule has 2 amide bonds. The van der Waals surface area contributed by atoms with Gasteiger partial charge in [-0.25, -0.2) is 0 Å². The van der Waals surface area contributed by atoms with Crippen molar-refractivity contribution in [3.05, 3.63) is 30.3 Å². The average Bonchev–Trinajstić information content (AvgIpc) is 2.48. The van der Waals surface area contributed by atoms with E-state index in [1.165, 1.54) is 0 Å². The fourth-order valence-electron chi connectivity index (χ4n) is 2.27. The Kier molecular flexibility index (Phi) is 5.71. The molecule has 1 aromatic rings. The molecule has 21 heavy (non-hydrogen) atoms. The smallest absolute Gasteiger partial charge is 0.238 e. The summed E-state index contributed by atoms with van der Waals surface area (Å²) in [5, 5.41) is 6.02. The molecule has 1 heterocycles. The van der Waals surface area contributed by atoms with E-state index in [0.717, 1.165) is 31.9 Å². The van der Waals surface area contributed by atoms with Gasteiger partial charge >= 0.3 is 0 Å². The van der Waals surface area contributed by atoms with Crippen LogP contribution in [0, 0.1) is 0 Å². The summed E-state index contributed by atoms with van der Waals surface area (Å²) in [5.41, 5.74) is 0.768. The summed E-state index contributed by atoms with van der Waals surface area (Å²) in [6.45, 7) is 3.62. The van der Waals surface area contributed by atoms with E-state index in [9.17, 15) is 9.59 Å². The number of likely N-dealkylation sites (N-methyl/N-ethyl adjacent to an activating group) is 1. The molecule has 1 aromatic carbocycles. The summed E-state index contributed by atoms with van der Waals surface area (Å²) < 4.78 is 0. The lowest BCUT2D eigenvalue weighted by atomic mass is 10.3. The van der Waals surface area contributed by atoms with Crippen molar-refractivity contribution in [2.45, 2.75) is 0 Å². The van der Waals surface area contributed by atoms with Crippen molar-refractivity contribution in [3.63, 3.8) is 0 Å². The second-order valence-electron chi connectivity index (χ2n) is 5.22. The molecule has 1 saturated heterocycles. The second kappa shape index (κ2) is 7.75. The summed E-state index contributed by atoms with van der Waals surface area (Å²) in [6.07, 6.45) is 0. The van der Waals surface area contributed by atoms with Crippen LogP contribution < -0.4 is 10.6 Å². The van der Waals surface area contributed by atoms with Gasteiger partial charge in [0, 0.05) is 31.9 Å². The van der Waals surface area contributed by atoms with Crippen LogP contribution in [-0.2, 0) is 9.59 Å². The molecule has 0 aliphatic carbocycles. The molecule has 0 saturated carbocycles. The highest BCUT2D eigenvalue weighted by atomic mass is 16.2. The zero-order valence-electron chi connectivity index (χ0n) is 12.3. The predicted molar refractivity (Wildman–Crippen MR) is 82.0 cm³/mol. The zero-order chi connectivity index (χ0) is 15.1. The van der Waals surface area contributed by atoms with E-state index < -0.39 is 0 Å². The van der Waals surface area contributed by atoms with Gasteiger partial charge in [0.05, 0.1) is 13.1 Å². The van der Waals surface area contributed by atoms with Crippen LogP contribution in [0.25, 0.3) is 0 Å². The number of para-hydroxylation sites is 1. The molecule has 114 valence electrons. The Morgan fingerprint density at radius 2 is 1.86 bits per heavy atom. The minimum atomic E-state index is -0.114. The number of carbonyl (C=O) groups is 2. The highest BCUT2D eigenvalue weighted by molar-refractivity contribution is 5.92. The first kappa shape index (κ1) is 15.5. The van der Waals surface area contributed by atoms with Crippen molar-refractivity contribution < 1.29 is 9.59 Å². The molecule has 0 aromatic heterocycles. The topological polar surface area (TPSA) is 64.7 Å². The highest BCUT2D eigenvalue weighted by Gasteiger charge is 2.18. The van der Waals surface area contributed by atoms with Gasteiger partial charge in [0.2, 0.25) is 11.8 Å². The molecule has 2 N–H and O–H groups in total.